The molecule has 1 heterocycles. The molecule has 10 heteroatoms. The Morgan fingerprint density at radius 3 is 2.30 bits per heavy atom. The number of hydrogen-bond donors (Lipinski definition) is 2. The van der Waals surface area contributed by atoms with Crippen molar-refractivity contribution in [2.45, 2.75) is 65.3 Å². The summed E-state index contributed by atoms with van der Waals surface area (Å²) < 4.78 is 11.6. The molecule has 0 spiro atoms. The first-order valence-corrected chi connectivity index (χ1v) is 11.4. The fourth-order valence-electron chi connectivity index (χ4n) is 3.68. The summed E-state index contributed by atoms with van der Waals surface area (Å²) in [5.41, 5.74) is -0.991. The van der Waals surface area contributed by atoms with E-state index in [9.17, 15) is 19.5 Å². The van der Waals surface area contributed by atoms with E-state index in [0.717, 1.165) is 5.56 Å². The molecule has 0 aliphatic carbocycles. The second-order valence-electron chi connectivity index (χ2n) is 9.81. The molecule has 1 aromatic rings. The van der Waals surface area contributed by atoms with E-state index in [-0.39, 0.29) is 25.0 Å². The summed E-state index contributed by atoms with van der Waals surface area (Å²) in [4.78, 5) is 37.4. The molecule has 1 fully saturated rings. The van der Waals surface area contributed by atoms with Crippen molar-refractivity contribution in [1.82, 2.24) is 10.2 Å². The van der Waals surface area contributed by atoms with Crippen molar-refractivity contribution in [3.05, 3.63) is 33.8 Å². The molecule has 1 aliphatic heterocycles. The van der Waals surface area contributed by atoms with Crippen LogP contribution in [0.4, 0.5) is 4.79 Å². The van der Waals surface area contributed by atoms with Crippen LogP contribution in [-0.2, 0) is 19.1 Å². The number of carboxylic acid groups (broad SMARTS) is 1. The third kappa shape index (κ3) is 7.22. The standard InChI is InChI=1S/C23H32Cl2N2O6/c1-13(28)33-23(5,6)20(29)26-10-18-15(14-7-8-16(24)17(25)9-14)11-27(21(30)31)12-19(32-18)22(2,3)4/h7-9,15,18-19H,10-12H2,1-6H3,(H,26,29)(H,30,31)/t15-,18+,19-/m1/s1. The van der Waals surface area contributed by atoms with Crippen LogP contribution in [0.25, 0.3) is 0 Å². The van der Waals surface area contributed by atoms with Crippen LogP contribution in [0.15, 0.2) is 18.2 Å². The van der Waals surface area contributed by atoms with E-state index < -0.39 is 41.7 Å². The predicted octanol–water partition coefficient (Wildman–Crippen LogP) is 4.33. The molecule has 8 nitrogen and oxygen atoms in total. The first kappa shape index (κ1) is 27.2. The lowest BCUT2D eigenvalue weighted by molar-refractivity contribution is -0.163. The van der Waals surface area contributed by atoms with Crippen LogP contribution in [0, 0.1) is 5.41 Å². The third-order valence-corrected chi connectivity index (χ3v) is 6.35. The minimum Gasteiger partial charge on any atom is -0.465 e. The molecule has 0 aromatic heterocycles. The summed E-state index contributed by atoms with van der Waals surface area (Å²) in [7, 11) is 0. The number of nitrogens with one attached hydrogen (secondary N) is 1. The largest absolute Gasteiger partial charge is 0.465 e. The number of ether oxygens (including phenoxy) is 2. The third-order valence-electron chi connectivity index (χ3n) is 5.61. The molecule has 3 atom stereocenters. The molecule has 33 heavy (non-hydrogen) atoms. The van der Waals surface area contributed by atoms with E-state index in [0.29, 0.717) is 10.0 Å². The Labute approximate surface area is 204 Å². The van der Waals surface area contributed by atoms with E-state index >= 15 is 0 Å². The number of halogens is 2. The summed E-state index contributed by atoms with van der Waals surface area (Å²) in [5, 5.41) is 13.3. The van der Waals surface area contributed by atoms with Crippen LogP contribution in [-0.4, -0.2) is 65.4 Å². The molecule has 0 bridgehead atoms. The number of nitrogens with zero attached hydrogens (tertiary/aromatic N) is 1. The average molecular weight is 503 g/mol. The monoisotopic (exact) mass is 502 g/mol. The van der Waals surface area contributed by atoms with Crippen LogP contribution >= 0.6 is 23.2 Å². The number of carbonyl (C=O) groups is 3. The molecule has 0 saturated carbocycles. The maximum atomic E-state index is 12.7. The van der Waals surface area contributed by atoms with Gasteiger partial charge in [-0.05, 0) is 37.0 Å². The van der Waals surface area contributed by atoms with Gasteiger partial charge >= 0.3 is 12.1 Å². The van der Waals surface area contributed by atoms with E-state index in [1.165, 1.54) is 25.7 Å². The van der Waals surface area contributed by atoms with Crippen molar-refractivity contribution >= 4 is 41.2 Å². The van der Waals surface area contributed by atoms with Gasteiger partial charge in [-0.25, -0.2) is 4.79 Å². The van der Waals surface area contributed by atoms with Crippen LogP contribution in [0.5, 0.6) is 0 Å². The van der Waals surface area contributed by atoms with Crippen molar-refractivity contribution in [3.8, 4) is 0 Å². The number of esters is 1. The van der Waals surface area contributed by atoms with Crippen molar-refractivity contribution in [2.75, 3.05) is 19.6 Å². The molecular weight excluding hydrogens is 471 g/mol. The van der Waals surface area contributed by atoms with Crippen LogP contribution in [0.2, 0.25) is 10.0 Å². The van der Waals surface area contributed by atoms with E-state index in [2.05, 4.69) is 5.32 Å². The highest BCUT2D eigenvalue weighted by atomic mass is 35.5. The molecule has 1 aromatic carbocycles. The zero-order valence-corrected chi connectivity index (χ0v) is 21.3. The van der Waals surface area contributed by atoms with E-state index in [4.69, 9.17) is 32.7 Å². The summed E-state index contributed by atoms with van der Waals surface area (Å²) in [5.74, 6) is -1.49. The Hall–Kier alpha value is -2.03. The van der Waals surface area contributed by atoms with Gasteiger partial charge in [0.2, 0.25) is 0 Å². The first-order chi connectivity index (χ1) is 15.1. The van der Waals surface area contributed by atoms with Crippen LogP contribution in [0.3, 0.4) is 0 Å². The van der Waals surface area contributed by atoms with E-state index in [1.54, 1.807) is 18.2 Å². The predicted molar refractivity (Wildman–Crippen MR) is 126 cm³/mol. The number of rotatable bonds is 5. The van der Waals surface area contributed by atoms with Crippen LogP contribution in [0.1, 0.15) is 53.0 Å². The smallest absolute Gasteiger partial charge is 0.407 e. The highest BCUT2D eigenvalue weighted by Gasteiger charge is 2.40. The average Bonchev–Trinajstić information content (AvgIpc) is 2.87. The van der Waals surface area contributed by atoms with Crippen molar-refractivity contribution in [1.29, 1.82) is 0 Å². The zero-order chi connectivity index (χ0) is 25.1. The molecule has 0 unspecified atom stereocenters. The van der Waals surface area contributed by atoms with Gasteiger partial charge in [0.05, 0.1) is 28.8 Å². The first-order valence-electron chi connectivity index (χ1n) is 10.7. The SMILES string of the molecule is CC(=O)OC(C)(C)C(=O)NC[C@@H]1O[C@@H](C(C)(C)C)CN(C(=O)O)C[C@@H]1c1ccc(Cl)c(Cl)c1. The van der Waals surface area contributed by atoms with Gasteiger partial charge in [-0.15, -0.1) is 0 Å². The highest BCUT2D eigenvalue weighted by molar-refractivity contribution is 6.42. The fourth-order valence-corrected chi connectivity index (χ4v) is 3.98. The minimum absolute atomic E-state index is 0.0779. The molecule has 2 N–H and O–H groups in total. The summed E-state index contributed by atoms with van der Waals surface area (Å²) in [6.45, 7) is 10.5. The van der Waals surface area contributed by atoms with Gasteiger partial charge in [-0.3, -0.25) is 9.59 Å². The van der Waals surface area contributed by atoms with Gasteiger partial charge < -0.3 is 24.8 Å². The van der Waals surface area contributed by atoms with Gasteiger partial charge in [0.25, 0.3) is 5.91 Å². The number of carbonyl (C=O) groups excluding carboxylic acids is 2. The van der Waals surface area contributed by atoms with Crippen LogP contribution < -0.4 is 5.32 Å². The van der Waals surface area contributed by atoms with Crippen molar-refractivity contribution in [3.63, 3.8) is 0 Å². The Morgan fingerprint density at radius 2 is 1.79 bits per heavy atom. The second kappa shape index (κ2) is 10.5. The van der Waals surface area contributed by atoms with Gasteiger partial charge in [0.1, 0.15) is 0 Å². The van der Waals surface area contributed by atoms with E-state index in [1.807, 2.05) is 20.8 Å². The second-order valence-corrected chi connectivity index (χ2v) is 10.6. The van der Waals surface area contributed by atoms with Crippen molar-refractivity contribution < 1.29 is 29.0 Å². The maximum absolute atomic E-state index is 12.7. The molecule has 1 aliphatic rings. The van der Waals surface area contributed by atoms with Gasteiger partial charge in [0.15, 0.2) is 5.60 Å². The quantitative estimate of drug-likeness (QED) is 0.580. The Balaban J connectivity index is 2.40. The summed E-state index contributed by atoms with van der Waals surface area (Å²) in [6, 6.07) is 5.11. The molecule has 2 amide bonds. The summed E-state index contributed by atoms with van der Waals surface area (Å²) >= 11 is 12.3. The Bertz CT molecular complexity index is 899. The number of benzene rings is 1. The minimum atomic E-state index is -1.37. The summed E-state index contributed by atoms with van der Waals surface area (Å²) in [6.07, 6.45) is -2.06. The number of hydrogen-bond acceptors (Lipinski definition) is 5. The van der Waals surface area contributed by atoms with Crippen molar-refractivity contribution in [2.24, 2.45) is 5.41 Å². The molecule has 184 valence electrons. The van der Waals surface area contributed by atoms with Gasteiger partial charge in [-0.2, -0.15) is 0 Å². The zero-order valence-electron chi connectivity index (χ0n) is 19.8. The number of amides is 2. The maximum Gasteiger partial charge on any atom is 0.407 e. The lowest BCUT2D eigenvalue weighted by Gasteiger charge is -2.34. The van der Waals surface area contributed by atoms with Gasteiger partial charge in [0, 0.05) is 25.9 Å². The molecule has 0 radical (unpaired) electrons. The Morgan fingerprint density at radius 1 is 1.15 bits per heavy atom. The molecular formula is C23H32Cl2N2O6. The molecule has 1 saturated heterocycles. The topological polar surface area (TPSA) is 105 Å². The molecule has 2 rings (SSSR count). The van der Waals surface area contributed by atoms with Gasteiger partial charge in [-0.1, -0.05) is 50.0 Å². The normalized spacial score (nSPS) is 21.8. The lowest BCUT2D eigenvalue weighted by atomic mass is 9.88. The Kier molecular flexibility index (Phi) is 8.65. The lowest BCUT2D eigenvalue weighted by Crippen LogP contribution is -2.49. The highest BCUT2D eigenvalue weighted by Crippen LogP contribution is 2.35. The fraction of sp³-hybridized carbons (Fsp3) is 0.609.